The van der Waals surface area contributed by atoms with E-state index in [0.717, 1.165) is 41.0 Å². The summed E-state index contributed by atoms with van der Waals surface area (Å²) in [5.41, 5.74) is 7.22. The molecule has 1 aliphatic rings. The molecule has 1 aromatic carbocycles. The van der Waals surface area contributed by atoms with E-state index in [1.54, 1.807) is 23.9 Å². The van der Waals surface area contributed by atoms with E-state index in [2.05, 4.69) is 5.32 Å². The Kier molecular flexibility index (Phi) is 6.18. The van der Waals surface area contributed by atoms with E-state index in [1.165, 1.54) is 11.3 Å². The fraction of sp³-hybridized carbons (Fsp3) is 0.316. The molecule has 142 valence electrons. The first kappa shape index (κ1) is 19.4. The van der Waals surface area contributed by atoms with Crippen LogP contribution in [0.1, 0.15) is 44.0 Å². The van der Waals surface area contributed by atoms with Gasteiger partial charge in [-0.2, -0.15) is 0 Å². The SMILES string of the molecule is CSc1ccc(C(=O)OCC(=O)Nc2sc3c(c2C(N)=O)CCCC3)cc1. The average Bonchev–Trinajstić information content (AvgIpc) is 3.04. The van der Waals surface area contributed by atoms with Crippen LogP contribution in [-0.2, 0) is 22.4 Å². The number of hydrogen-bond donors (Lipinski definition) is 2. The third-order valence-electron chi connectivity index (χ3n) is 4.33. The maximum Gasteiger partial charge on any atom is 0.338 e. The van der Waals surface area contributed by atoms with Gasteiger partial charge in [0, 0.05) is 9.77 Å². The van der Waals surface area contributed by atoms with Gasteiger partial charge in [-0.25, -0.2) is 4.79 Å². The third kappa shape index (κ3) is 4.51. The number of primary amides is 1. The lowest BCUT2D eigenvalue weighted by molar-refractivity contribution is -0.119. The molecule has 0 aliphatic heterocycles. The molecule has 0 saturated heterocycles. The van der Waals surface area contributed by atoms with Crippen molar-refractivity contribution >= 4 is 45.9 Å². The Hall–Kier alpha value is -2.32. The molecule has 27 heavy (non-hydrogen) atoms. The number of fused-ring (bicyclic) bond motifs is 1. The topological polar surface area (TPSA) is 98.5 Å². The van der Waals surface area contributed by atoms with Gasteiger partial charge in [-0.3, -0.25) is 9.59 Å². The Morgan fingerprint density at radius 3 is 2.56 bits per heavy atom. The van der Waals surface area contributed by atoms with Crippen molar-refractivity contribution in [3.8, 4) is 0 Å². The highest BCUT2D eigenvalue weighted by molar-refractivity contribution is 7.98. The van der Waals surface area contributed by atoms with Crippen molar-refractivity contribution in [1.82, 2.24) is 0 Å². The van der Waals surface area contributed by atoms with E-state index in [9.17, 15) is 14.4 Å². The molecule has 0 saturated carbocycles. The molecular weight excluding hydrogens is 384 g/mol. The van der Waals surface area contributed by atoms with Gasteiger partial charge in [0.15, 0.2) is 6.61 Å². The van der Waals surface area contributed by atoms with E-state index in [4.69, 9.17) is 10.5 Å². The fourth-order valence-corrected chi connectivity index (χ4v) is 4.74. The quantitative estimate of drug-likeness (QED) is 0.569. The van der Waals surface area contributed by atoms with E-state index >= 15 is 0 Å². The maximum atomic E-state index is 12.2. The number of carbonyl (C=O) groups is 3. The van der Waals surface area contributed by atoms with Gasteiger partial charge in [0.05, 0.1) is 11.1 Å². The summed E-state index contributed by atoms with van der Waals surface area (Å²) in [6.07, 6.45) is 5.69. The number of esters is 1. The number of benzene rings is 1. The van der Waals surface area contributed by atoms with Crippen LogP contribution in [0.2, 0.25) is 0 Å². The molecule has 1 aliphatic carbocycles. The number of thiophene rings is 1. The second-order valence-electron chi connectivity index (χ2n) is 6.13. The van der Waals surface area contributed by atoms with E-state index in [0.29, 0.717) is 16.1 Å². The lowest BCUT2D eigenvalue weighted by Gasteiger charge is -2.11. The highest BCUT2D eigenvalue weighted by atomic mass is 32.2. The highest BCUT2D eigenvalue weighted by Gasteiger charge is 2.25. The van der Waals surface area contributed by atoms with Crippen LogP contribution >= 0.6 is 23.1 Å². The van der Waals surface area contributed by atoms with Crippen LogP contribution in [-0.4, -0.2) is 30.6 Å². The molecule has 2 aromatic rings. The van der Waals surface area contributed by atoms with Crippen molar-refractivity contribution in [2.75, 3.05) is 18.2 Å². The minimum atomic E-state index is -0.571. The zero-order valence-electron chi connectivity index (χ0n) is 14.9. The standard InChI is InChI=1S/C19H20N2O4S2/c1-26-12-8-6-11(7-9-12)19(24)25-10-15(22)21-18-16(17(20)23)13-4-2-3-5-14(13)27-18/h6-9H,2-5,10H2,1H3,(H2,20,23)(H,21,22). The largest absolute Gasteiger partial charge is 0.452 e. The fourth-order valence-electron chi connectivity index (χ4n) is 3.02. The van der Waals surface area contributed by atoms with Gasteiger partial charge in [-0.15, -0.1) is 23.1 Å². The number of ether oxygens (including phenoxy) is 1. The lowest BCUT2D eigenvalue weighted by atomic mass is 9.95. The van der Waals surface area contributed by atoms with Crippen LogP contribution in [0.15, 0.2) is 29.2 Å². The van der Waals surface area contributed by atoms with Gasteiger partial charge < -0.3 is 15.8 Å². The molecule has 6 nitrogen and oxygen atoms in total. The highest BCUT2D eigenvalue weighted by Crippen LogP contribution is 2.37. The van der Waals surface area contributed by atoms with Gasteiger partial charge in [-0.1, -0.05) is 0 Å². The Morgan fingerprint density at radius 2 is 1.89 bits per heavy atom. The van der Waals surface area contributed by atoms with Crippen LogP contribution in [0.25, 0.3) is 0 Å². The number of rotatable bonds is 6. The third-order valence-corrected chi connectivity index (χ3v) is 6.28. The summed E-state index contributed by atoms with van der Waals surface area (Å²) >= 11 is 2.95. The second kappa shape index (κ2) is 8.58. The Bertz CT molecular complexity index is 875. The average molecular weight is 405 g/mol. The molecular formula is C19H20N2O4S2. The molecule has 0 unspecified atom stereocenters. The first-order chi connectivity index (χ1) is 13.0. The summed E-state index contributed by atoms with van der Waals surface area (Å²) in [6.45, 7) is -0.427. The predicted molar refractivity (Wildman–Crippen MR) is 107 cm³/mol. The van der Waals surface area contributed by atoms with Crippen LogP contribution in [0.3, 0.4) is 0 Å². The van der Waals surface area contributed by atoms with Crippen LogP contribution in [0.4, 0.5) is 5.00 Å². The van der Waals surface area contributed by atoms with Crippen LogP contribution in [0, 0.1) is 0 Å². The molecule has 3 rings (SSSR count). The zero-order chi connectivity index (χ0) is 19.4. The second-order valence-corrected chi connectivity index (χ2v) is 8.12. The maximum absolute atomic E-state index is 12.2. The molecule has 0 atom stereocenters. The number of hydrogen-bond acceptors (Lipinski definition) is 6. The molecule has 2 amide bonds. The Labute approximate surface area is 165 Å². The summed E-state index contributed by atoms with van der Waals surface area (Å²) in [5.74, 6) is -1.61. The van der Waals surface area contributed by atoms with Crippen molar-refractivity contribution in [3.05, 3.63) is 45.8 Å². The molecule has 8 heteroatoms. The molecule has 1 aromatic heterocycles. The minimum absolute atomic E-state index is 0.380. The van der Waals surface area contributed by atoms with Crippen LogP contribution < -0.4 is 11.1 Å². The van der Waals surface area contributed by atoms with E-state index < -0.39 is 24.4 Å². The number of anilines is 1. The van der Waals surface area contributed by atoms with Crippen LogP contribution in [0.5, 0.6) is 0 Å². The summed E-state index contributed by atoms with van der Waals surface area (Å²) in [6, 6.07) is 6.95. The van der Waals surface area contributed by atoms with Crippen molar-refractivity contribution in [3.63, 3.8) is 0 Å². The number of thioether (sulfide) groups is 1. The van der Waals surface area contributed by atoms with Gasteiger partial charge in [0.2, 0.25) is 0 Å². The van der Waals surface area contributed by atoms with Crippen molar-refractivity contribution in [2.45, 2.75) is 30.6 Å². The van der Waals surface area contributed by atoms with Crippen molar-refractivity contribution in [1.29, 1.82) is 0 Å². The first-order valence-electron chi connectivity index (χ1n) is 8.55. The Morgan fingerprint density at radius 1 is 1.19 bits per heavy atom. The number of carbonyl (C=O) groups excluding carboxylic acids is 3. The number of nitrogens with two attached hydrogens (primary N) is 1. The van der Waals surface area contributed by atoms with Gasteiger partial charge in [0.25, 0.3) is 11.8 Å². The molecule has 0 spiro atoms. The summed E-state index contributed by atoms with van der Waals surface area (Å²) in [4.78, 5) is 38.2. The first-order valence-corrected chi connectivity index (χ1v) is 10.6. The number of aryl methyl sites for hydroxylation is 1. The minimum Gasteiger partial charge on any atom is -0.452 e. The molecule has 1 heterocycles. The predicted octanol–water partition coefficient (Wildman–Crippen LogP) is 3.24. The number of amides is 2. The molecule has 0 bridgehead atoms. The molecule has 3 N–H and O–H groups in total. The molecule has 0 fully saturated rings. The van der Waals surface area contributed by atoms with E-state index in [1.807, 2.05) is 18.4 Å². The normalized spacial score (nSPS) is 12.9. The van der Waals surface area contributed by atoms with Crippen molar-refractivity contribution in [2.24, 2.45) is 5.73 Å². The summed E-state index contributed by atoms with van der Waals surface area (Å²) in [5, 5.41) is 3.12. The summed E-state index contributed by atoms with van der Waals surface area (Å²) < 4.78 is 5.07. The van der Waals surface area contributed by atoms with E-state index in [-0.39, 0.29) is 0 Å². The van der Waals surface area contributed by atoms with Gasteiger partial charge >= 0.3 is 5.97 Å². The Balaban J connectivity index is 1.63. The van der Waals surface area contributed by atoms with Crippen molar-refractivity contribution < 1.29 is 19.1 Å². The van der Waals surface area contributed by atoms with Gasteiger partial charge in [0.1, 0.15) is 5.00 Å². The molecule has 0 radical (unpaired) electrons. The monoisotopic (exact) mass is 404 g/mol. The number of nitrogens with one attached hydrogen (secondary N) is 1. The summed E-state index contributed by atoms with van der Waals surface area (Å²) in [7, 11) is 0. The van der Waals surface area contributed by atoms with Gasteiger partial charge in [-0.05, 0) is 61.8 Å². The lowest BCUT2D eigenvalue weighted by Crippen LogP contribution is -2.23. The zero-order valence-corrected chi connectivity index (χ0v) is 16.5. The smallest absolute Gasteiger partial charge is 0.338 e.